The topological polar surface area (TPSA) is 74.7 Å². The number of ether oxygens (including phenoxy) is 1. The highest BCUT2D eigenvalue weighted by Crippen LogP contribution is 2.24. The molecule has 1 unspecified atom stereocenters. The van der Waals surface area contributed by atoms with Crippen LogP contribution in [0.4, 0.5) is 0 Å². The summed E-state index contributed by atoms with van der Waals surface area (Å²) in [6.45, 7) is 1.97. The van der Waals surface area contributed by atoms with Crippen molar-refractivity contribution >= 4 is 17.5 Å². The zero-order chi connectivity index (χ0) is 19.1. The second-order valence-corrected chi connectivity index (χ2v) is 7.32. The number of carbonyl (C=O) groups is 1. The molecule has 1 atom stereocenters. The SMILES string of the molecule is O=C(CN1CCCC(O)(COc2cccc(Cl)c2)C1)NCc1ccccn1. The van der Waals surface area contributed by atoms with Crippen molar-refractivity contribution in [2.75, 3.05) is 26.2 Å². The van der Waals surface area contributed by atoms with Gasteiger partial charge in [0, 0.05) is 17.8 Å². The summed E-state index contributed by atoms with van der Waals surface area (Å²) in [7, 11) is 0. The first kappa shape index (κ1) is 19.6. The van der Waals surface area contributed by atoms with Crippen LogP contribution in [0.1, 0.15) is 18.5 Å². The molecule has 3 rings (SSSR count). The number of rotatable bonds is 7. The van der Waals surface area contributed by atoms with Gasteiger partial charge in [-0.05, 0) is 49.7 Å². The van der Waals surface area contributed by atoms with E-state index in [9.17, 15) is 9.90 Å². The molecular formula is C20H24ClN3O3. The number of aliphatic hydroxyl groups is 1. The van der Waals surface area contributed by atoms with Gasteiger partial charge in [0.15, 0.2) is 0 Å². The van der Waals surface area contributed by atoms with Gasteiger partial charge < -0.3 is 15.2 Å². The van der Waals surface area contributed by atoms with E-state index >= 15 is 0 Å². The third-order valence-corrected chi connectivity index (χ3v) is 4.73. The van der Waals surface area contributed by atoms with E-state index in [0.29, 0.717) is 30.3 Å². The minimum atomic E-state index is -0.984. The maximum Gasteiger partial charge on any atom is 0.234 e. The van der Waals surface area contributed by atoms with Gasteiger partial charge in [-0.15, -0.1) is 0 Å². The Morgan fingerprint density at radius 1 is 1.33 bits per heavy atom. The summed E-state index contributed by atoms with van der Waals surface area (Å²) in [5.74, 6) is 0.543. The summed E-state index contributed by atoms with van der Waals surface area (Å²) in [5, 5.41) is 14.3. The van der Waals surface area contributed by atoms with Crippen molar-refractivity contribution in [3.05, 3.63) is 59.4 Å². The zero-order valence-corrected chi connectivity index (χ0v) is 15.9. The average molecular weight is 390 g/mol. The first-order valence-corrected chi connectivity index (χ1v) is 9.40. The molecule has 1 amide bonds. The average Bonchev–Trinajstić information content (AvgIpc) is 2.66. The van der Waals surface area contributed by atoms with Crippen molar-refractivity contribution in [2.24, 2.45) is 0 Å². The second kappa shape index (κ2) is 9.17. The molecule has 144 valence electrons. The van der Waals surface area contributed by atoms with Gasteiger partial charge in [0.25, 0.3) is 0 Å². The van der Waals surface area contributed by atoms with E-state index in [0.717, 1.165) is 18.7 Å². The van der Waals surface area contributed by atoms with E-state index in [1.807, 2.05) is 23.1 Å². The largest absolute Gasteiger partial charge is 0.490 e. The van der Waals surface area contributed by atoms with E-state index in [2.05, 4.69) is 10.3 Å². The molecule has 0 saturated carbocycles. The number of pyridine rings is 1. The summed E-state index contributed by atoms with van der Waals surface area (Å²) in [6, 6.07) is 12.7. The maximum atomic E-state index is 12.2. The molecule has 2 aromatic rings. The molecule has 0 bridgehead atoms. The van der Waals surface area contributed by atoms with Gasteiger partial charge in [0.2, 0.25) is 5.91 Å². The number of halogens is 1. The highest BCUT2D eigenvalue weighted by Gasteiger charge is 2.34. The number of hydrogen-bond acceptors (Lipinski definition) is 5. The Labute approximate surface area is 164 Å². The van der Waals surface area contributed by atoms with Crippen molar-refractivity contribution in [3.8, 4) is 5.75 Å². The first-order valence-electron chi connectivity index (χ1n) is 9.02. The summed E-state index contributed by atoms with van der Waals surface area (Å²) in [6.07, 6.45) is 3.15. The molecule has 1 fully saturated rings. The first-order chi connectivity index (χ1) is 13.0. The second-order valence-electron chi connectivity index (χ2n) is 6.88. The predicted octanol–water partition coefficient (Wildman–Crippen LogP) is 2.26. The quantitative estimate of drug-likeness (QED) is 0.759. The van der Waals surface area contributed by atoms with Gasteiger partial charge in [-0.2, -0.15) is 0 Å². The minimum absolute atomic E-state index is 0.0827. The van der Waals surface area contributed by atoms with Crippen molar-refractivity contribution in [1.82, 2.24) is 15.2 Å². The number of hydrogen-bond donors (Lipinski definition) is 2. The van der Waals surface area contributed by atoms with Crippen LogP contribution in [0.25, 0.3) is 0 Å². The number of carbonyl (C=O) groups excluding carboxylic acids is 1. The van der Waals surface area contributed by atoms with Crippen LogP contribution in [0.2, 0.25) is 5.02 Å². The van der Waals surface area contributed by atoms with Gasteiger partial charge in [0.1, 0.15) is 18.0 Å². The lowest BCUT2D eigenvalue weighted by Crippen LogP contribution is -2.53. The summed E-state index contributed by atoms with van der Waals surface area (Å²) in [4.78, 5) is 18.3. The Hall–Kier alpha value is -2.15. The van der Waals surface area contributed by atoms with Gasteiger partial charge in [-0.1, -0.05) is 23.7 Å². The summed E-state index contributed by atoms with van der Waals surface area (Å²) < 4.78 is 5.72. The number of piperidine rings is 1. The van der Waals surface area contributed by atoms with E-state index in [-0.39, 0.29) is 19.1 Å². The van der Waals surface area contributed by atoms with Crippen LogP contribution in [0.5, 0.6) is 5.75 Å². The molecule has 1 aromatic carbocycles. The molecule has 0 spiro atoms. The predicted molar refractivity (Wildman–Crippen MR) is 104 cm³/mol. The highest BCUT2D eigenvalue weighted by molar-refractivity contribution is 6.30. The molecular weight excluding hydrogens is 366 g/mol. The lowest BCUT2D eigenvalue weighted by atomic mass is 9.93. The number of β-amino-alcohol motifs (C(OH)–C–C–N with tert-alkyl or cyclic N) is 1. The zero-order valence-electron chi connectivity index (χ0n) is 15.1. The van der Waals surface area contributed by atoms with Crippen LogP contribution >= 0.6 is 11.6 Å². The van der Waals surface area contributed by atoms with Crippen LogP contribution in [-0.2, 0) is 11.3 Å². The molecule has 1 aromatic heterocycles. The Balaban J connectivity index is 1.47. The Bertz CT molecular complexity index is 759. The van der Waals surface area contributed by atoms with E-state index in [1.54, 1.807) is 30.5 Å². The normalized spacial score (nSPS) is 20.2. The number of aromatic nitrogens is 1. The number of benzene rings is 1. The fraction of sp³-hybridized carbons (Fsp3) is 0.400. The van der Waals surface area contributed by atoms with Crippen LogP contribution in [0.15, 0.2) is 48.7 Å². The van der Waals surface area contributed by atoms with Crippen LogP contribution in [0, 0.1) is 0 Å². The Morgan fingerprint density at radius 3 is 3.00 bits per heavy atom. The lowest BCUT2D eigenvalue weighted by molar-refractivity contribution is -0.125. The molecule has 0 aliphatic carbocycles. The molecule has 1 saturated heterocycles. The fourth-order valence-electron chi connectivity index (χ4n) is 3.18. The van der Waals surface area contributed by atoms with Crippen molar-refractivity contribution in [2.45, 2.75) is 25.0 Å². The van der Waals surface area contributed by atoms with Crippen molar-refractivity contribution < 1.29 is 14.6 Å². The number of nitrogens with one attached hydrogen (secondary N) is 1. The number of likely N-dealkylation sites (tertiary alicyclic amines) is 1. The summed E-state index contributed by atoms with van der Waals surface area (Å²) >= 11 is 5.96. The van der Waals surface area contributed by atoms with E-state index < -0.39 is 5.60 Å². The summed E-state index contributed by atoms with van der Waals surface area (Å²) in [5.41, 5.74) is -0.169. The molecule has 1 aliphatic rings. The number of nitrogens with zero attached hydrogens (tertiary/aromatic N) is 2. The van der Waals surface area contributed by atoms with Gasteiger partial charge in [-0.25, -0.2) is 0 Å². The molecule has 6 nitrogen and oxygen atoms in total. The molecule has 0 radical (unpaired) electrons. The van der Waals surface area contributed by atoms with Gasteiger partial charge >= 0.3 is 0 Å². The van der Waals surface area contributed by atoms with Crippen LogP contribution in [0.3, 0.4) is 0 Å². The van der Waals surface area contributed by atoms with Gasteiger partial charge in [-0.3, -0.25) is 14.7 Å². The Morgan fingerprint density at radius 2 is 2.22 bits per heavy atom. The van der Waals surface area contributed by atoms with E-state index in [1.165, 1.54) is 0 Å². The Kier molecular flexibility index (Phi) is 6.66. The lowest BCUT2D eigenvalue weighted by Gasteiger charge is -2.38. The molecule has 27 heavy (non-hydrogen) atoms. The van der Waals surface area contributed by atoms with Crippen LogP contribution < -0.4 is 10.1 Å². The molecule has 2 heterocycles. The third kappa shape index (κ3) is 6.20. The molecule has 1 aliphatic heterocycles. The number of amides is 1. The standard InChI is InChI=1S/C20H24ClN3O3/c21-16-5-3-7-18(11-16)27-15-20(26)8-4-10-24(14-20)13-19(25)23-12-17-6-1-2-9-22-17/h1-3,5-7,9,11,26H,4,8,10,12-15H2,(H,23,25). The maximum absolute atomic E-state index is 12.2. The minimum Gasteiger partial charge on any atom is -0.490 e. The monoisotopic (exact) mass is 389 g/mol. The fourth-order valence-corrected chi connectivity index (χ4v) is 3.36. The molecule has 7 heteroatoms. The van der Waals surface area contributed by atoms with E-state index in [4.69, 9.17) is 16.3 Å². The smallest absolute Gasteiger partial charge is 0.234 e. The van der Waals surface area contributed by atoms with Crippen molar-refractivity contribution in [3.63, 3.8) is 0 Å². The highest BCUT2D eigenvalue weighted by atomic mass is 35.5. The molecule has 2 N–H and O–H groups in total. The van der Waals surface area contributed by atoms with Gasteiger partial charge in [0.05, 0.1) is 18.8 Å². The van der Waals surface area contributed by atoms with Crippen molar-refractivity contribution in [1.29, 1.82) is 0 Å². The third-order valence-electron chi connectivity index (χ3n) is 4.50. The van der Waals surface area contributed by atoms with Crippen LogP contribution in [-0.4, -0.2) is 52.7 Å².